The summed E-state index contributed by atoms with van der Waals surface area (Å²) in [6, 6.07) is 2.46. The van der Waals surface area contributed by atoms with E-state index in [1.807, 2.05) is 24.3 Å². The zero-order chi connectivity index (χ0) is 28.4. The number of aromatic nitrogens is 1. The van der Waals surface area contributed by atoms with Gasteiger partial charge in [-0.3, -0.25) is 24.0 Å². The van der Waals surface area contributed by atoms with Crippen molar-refractivity contribution in [2.24, 2.45) is 11.5 Å². The fourth-order valence-electron chi connectivity index (χ4n) is 3.67. The average molecular weight is 533 g/mol. The third-order valence-corrected chi connectivity index (χ3v) is 5.78. The third-order valence-electron chi connectivity index (χ3n) is 5.78. The van der Waals surface area contributed by atoms with Gasteiger partial charge in [0, 0.05) is 29.9 Å². The predicted octanol–water partition coefficient (Wildman–Crippen LogP) is -1.27. The number of benzene rings is 1. The molecule has 2 rings (SSSR count). The second kappa shape index (κ2) is 13.7. The standard InChI is InChI=1S/C24H32N6O8/c1-12(28-22(35)15(25)10-13-11-27-16-5-3-2-4-14(13)16)21(34)29-17(6-8-19(26)31)23(36)30-18(24(37)38)7-9-20(32)33/h2-5,11-12,15,17-18,27H,6-10,25H2,1H3,(H2,26,31)(H,28,35)(H,29,34)(H,30,36)(H,32,33)(H,37,38). The topological polar surface area (TPSA) is 247 Å². The van der Waals surface area contributed by atoms with Crippen molar-refractivity contribution in [3.8, 4) is 0 Å². The number of amides is 4. The molecule has 0 saturated heterocycles. The minimum Gasteiger partial charge on any atom is -0.481 e. The molecule has 14 nitrogen and oxygen atoms in total. The van der Waals surface area contributed by atoms with Gasteiger partial charge >= 0.3 is 11.9 Å². The minimum atomic E-state index is -1.54. The van der Waals surface area contributed by atoms with Crippen molar-refractivity contribution in [2.75, 3.05) is 0 Å². The summed E-state index contributed by atoms with van der Waals surface area (Å²) in [7, 11) is 0. The molecule has 4 unspecified atom stereocenters. The number of rotatable bonds is 15. The molecule has 1 heterocycles. The van der Waals surface area contributed by atoms with E-state index in [4.69, 9.17) is 16.6 Å². The lowest BCUT2D eigenvalue weighted by atomic mass is 10.0. The Kier molecular flexibility index (Phi) is 10.8. The number of primary amides is 1. The number of carbonyl (C=O) groups is 6. The number of carboxylic acids is 2. The molecule has 206 valence electrons. The summed E-state index contributed by atoms with van der Waals surface area (Å²) in [4.78, 5) is 74.5. The number of nitrogens with two attached hydrogens (primary N) is 2. The quantitative estimate of drug-likeness (QED) is 0.136. The predicted molar refractivity (Wildman–Crippen MR) is 134 cm³/mol. The maximum absolute atomic E-state index is 12.7. The van der Waals surface area contributed by atoms with Crippen LogP contribution in [0.2, 0.25) is 0 Å². The SMILES string of the molecule is CC(NC(=O)C(N)Cc1c[nH]c2ccccc12)C(=O)NC(CCC(N)=O)C(=O)NC(CCC(=O)O)C(=O)O. The van der Waals surface area contributed by atoms with Crippen LogP contribution >= 0.6 is 0 Å². The van der Waals surface area contributed by atoms with Crippen LogP contribution in [0, 0.1) is 0 Å². The Morgan fingerprint density at radius 3 is 2.16 bits per heavy atom. The normalized spacial score (nSPS) is 14.1. The van der Waals surface area contributed by atoms with E-state index in [1.165, 1.54) is 6.92 Å². The number of fused-ring (bicyclic) bond motifs is 1. The molecule has 0 aliphatic heterocycles. The van der Waals surface area contributed by atoms with Crippen molar-refractivity contribution in [3.05, 3.63) is 36.0 Å². The Hall–Kier alpha value is -4.46. The van der Waals surface area contributed by atoms with Crippen LogP contribution in [0.5, 0.6) is 0 Å². The number of carbonyl (C=O) groups excluding carboxylic acids is 4. The van der Waals surface area contributed by atoms with Crippen LogP contribution in [-0.4, -0.2) is 74.9 Å². The van der Waals surface area contributed by atoms with Gasteiger partial charge in [0.05, 0.1) is 6.04 Å². The maximum Gasteiger partial charge on any atom is 0.326 e. The Morgan fingerprint density at radius 2 is 1.53 bits per heavy atom. The second-order valence-corrected chi connectivity index (χ2v) is 8.80. The van der Waals surface area contributed by atoms with Gasteiger partial charge < -0.3 is 42.6 Å². The van der Waals surface area contributed by atoms with Crippen molar-refractivity contribution in [2.45, 2.75) is 63.2 Å². The minimum absolute atomic E-state index is 0.195. The van der Waals surface area contributed by atoms with Gasteiger partial charge in [-0.05, 0) is 37.8 Å². The number of aliphatic carboxylic acids is 2. The van der Waals surface area contributed by atoms with Gasteiger partial charge in [-0.15, -0.1) is 0 Å². The van der Waals surface area contributed by atoms with E-state index in [0.29, 0.717) is 0 Å². The lowest BCUT2D eigenvalue weighted by molar-refractivity contribution is -0.143. The average Bonchev–Trinajstić information content (AvgIpc) is 3.26. The Morgan fingerprint density at radius 1 is 0.895 bits per heavy atom. The van der Waals surface area contributed by atoms with Crippen LogP contribution in [-0.2, 0) is 35.2 Å². The van der Waals surface area contributed by atoms with Crippen molar-refractivity contribution in [1.82, 2.24) is 20.9 Å². The highest BCUT2D eigenvalue weighted by molar-refractivity contribution is 5.94. The van der Waals surface area contributed by atoms with E-state index in [9.17, 15) is 33.9 Å². The zero-order valence-electron chi connectivity index (χ0n) is 20.7. The summed E-state index contributed by atoms with van der Waals surface area (Å²) < 4.78 is 0. The largest absolute Gasteiger partial charge is 0.481 e. The van der Waals surface area contributed by atoms with E-state index >= 15 is 0 Å². The van der Waals surface area contributed by atoms with Gasteiger partial charge in [0.25, 0.3) is 0 Å². The van der Waals surface area contributed by atoms with Gasteiger partial charge in [0.15, 0.2) is 0 Å². The Labute approximate surface area is 217 Å². The number of hydrogen-bond acceptors (Lipinski definition) is 7. The number of H-pyrrole nitrogens is 1. The van der Waals surface area contributed by atoms with Crippen LogP contribution in [0.25, 0.3) is 10.9 Å². The Balaban J connectivity index is 2.00. The van der Waals surface area contributed by atoms with Gasteiger partial charge in [-0.25, -0.2) is 4.79 Å². The molecule has 38 heavy (non-hydrogen) atoms. The van der Waals surface area contributed by atoms with Gasteiger partial charge in [-0.1, -0.05) is 18.2 Å². The number of aromatic amines is 1. The molecule has 1 aromatic heterocycles. The summed E-state index contributed by atoms with van der Waals surface area (Å²) in [5.41, 5.74) is 12.9. The Bertz CT molecular complexity index is 1200. The molecule has 4 amide bonds. The first kappa shape index (κ1) is 29.8. The van der Waals surface area contributed by atoms with Crippen LogP contribution in [0.15, 0.2) is 30.5 Å². The molecule has 0 aliphatic carbocycles. The summed E-state index contributed by atoms with van der Waals surface area (Å²) in [5.74, 6) is -5.84. The van der Waals surface area contributed by atoms with Crippen molar-refractivity contribution >= 4 is 46.5 Å². The van der Waals surface area contributed by atoms with Crippen molar-refractivity contribution in [3.63, 3.8) is 0 Å². The van der Waals surface area contributed by atoms with Crippen LogP contribution in [0.1, 0.15) is 38.2 Å². The lowest BCUT2D eigenvalue weighted by Crippen LogP contribution is -2.56. The van der Waals surface area contributed by atoms with E-state index < -0.39 is 72.6 Å². The molecule has 0 fully saturated rings. The molecule has 2 aromatic rings. The summed E-state index contributed by atoms with van der Waals surface area (Å²) in [6.45, 7) is 1.36. The highest BCUT2D eigenvalue weighted by Crippen LogP contribution is 2.18. The summed E-state index contributed by atoms with van der Waals surface area (Å²) in [6.07, 6.45) is 0.475. The fraction of sp³-hybridized carbons (Fsp3) is 0.417. The molecule has 0 spiro atoms. The van der Waals surface area contributed by atoms with Crippen LogP contribution in [0.4, 0.5) is 0 Å². The second-order valence-electron chi connectivity index (χ2n) is 8.80. The van der Waals surface area contributed by atoms with Gasteiger partial charge in [0.2, 0.25) is 23.6 Å². The fourth-order valence-corrected chi connectivity index (χ4v) is 3.67. The number of hydrogen-bond donors (Lipinski definition) is 8. The molecular weight excluding hydrogens is 500 g/mol. The summed E-state index contributed by atoms with van der Waals surface area (Å²) >= 11 is 0. The first-order chi connectivity index (χ1) is 17.9. The first-order valence-electron chi connectivity index (χ1n) is 11.8. The molecule has 10 N–H and O–H groups in total. The molecule has 0 bridgehead atoms. The molecule has 1 aromatic carbocycles. The number of nitrogens with one attached hydrogen (secondary N) is 4. The van der Waals surface area contributed by atoms with E-state index in [-0.39, 0.29) is 19.3 Å². The first-order valence-corrected chi connectivity index (χ1v) is 11.8. The van der Waals surface area contributed by atoms with Crippen LogP contribution < -0.4 is 27.4 Å². The molecule has 0 radical (unpaired) electrons. The van der Waals surface area contributed by atoms with Crippen molar-refractivity contribution in [1.29, 1.82) is 0 Å². The van der Waals surface area contributed by atoms with E-state index in [2.05, 4.69) is 20.9 Å². The smallest absolute Gasteiger partial charge is 0.326 e. The van der Waals surface area contributed by atoms with Crippen LogP contribution in [0.3, 0.4) is 0 Å². The highest BCUT2D eigenvalue weighted by atomic mass is 16.4. The molecule has 0 saturated carbocycles. The third kappa shape index (κ3) is 8.89. The summed E-state index contributed by atoms with van der Waals surface area (Å²) in [5, 5.41) is 26.0. The molecule has 0 aliphatic rings. The molecular formula is C24H32N6O8. The maximum atomic E-state index is 12.7. The van der Waals surface area contributed by atoms with Gasteiger partial charge in [0.1, 0.15) is 18.1 Å². The molecule has 4 atom stereocenters. The van der Waals surface area contributed by atoms with E-state index in [0.717, 1.165) is 16.5 Å². The van der Waals surface area contributed by atoms with Crippen molar-refractivity contribution < 1.29 is 39.0 Å². The number of carboxylic acid groups (broad SMARTS) is 2. The van der Waals surface area contributed by atoms with Gasteiger partial charge in [-0.2, -0.15) is 0 Å². The molecule has 14 heteroatoms. The monoisotopic (exact) mass is 532 g/mol. The lowest BCUT2D eigenvalue weighted by Gasteiger charge is -2.23. The zero-order valence-corrected chi connectivity index (χ0v) is 20.7. The highest BCUT2D eigenvalue weighted by Gasteiger charge is 2.29. The van der Waals surface area contributed by atoms with E-state index in [1.54, 1.807) is 6.20 Å². The number of para-hydroxylation sites is 1.